The molecule has 0 aromatic carbocycles. The van der Waals surface area contributed by atoms with E-state index in [0.29, 0.717) is 0 Å². The zero-order valence-electron chi connectivity index (χ0n) is 12.5. The van der Waals surface area contributed by atoms with E-state index in [0.717, 1.165) is 42.5 Å². The first-order chi connectivity index (χ1) is 9.01. The van der Waals surface area contributed by atoms with Crippen molar-refractivity contribution >= 4 is 15.9 Å². The molecule has 0 radical (unpaired) electrons. The van der Waals surface area contributed by atoms with Crippen LogP contribution in [0.1, 0.15) is 51.9 Å². The van der Waals surface area contributed by atoms with E-state index in [1.807, 2.05) is 4.68 Å². The molecule has 19 heavy (non-hydrogen) atoms. The maximum Gasteiger partial charge on any atom is 0.0767 e. The van der Waals surface area contributed by atoms with E-state index in [9.17, 15) is 0 Å². The van der Waals surface area contributed by atoms with Crippen LogP contribution in [0.25, 0.3) is 0 Å². The Balaban J connectivity index is 2.84. The summed E-state index contributed by atoms with van der Waals surface area (Å²) in [5.74, 6) is 0. The molecule has 0 fully saturated rings. The summed E-state index contributed by atoms with van der Waals surface area (Å²) in [6.07, 6.45) is 2.69. The molecule has 1 unspecified atom stereocenters. The lowest BCUT2D eigenvalue weighted by atomic mass is 9.95. The Labute approximate surface area is 124 Å². The number of aliphatic hydroxyl groups is 1. The first kappa shape index (κ1) is 16.7. The predicted molar refractivity (Wildman–Crippen MR) is 82.2 cm³/mol. The lowest BCUT2D eigenvalue weighted by molar-refractivity contribution is 0.213. The number of hydrogen-bond acceptors (Lipinski definition) is 3. The van der Waals surface area contributed by atoms with E-state index in [1.165, 1.54) is 5.69 Å². The predicted octanol–water partition coefficient (Wildman–Crippen LogP) is 2.87. The molecule has 4 nitrogen and oxygen atoms in total. The summed E-state index contributed by atoms with van der Waals surface area (Å²) < 4.78 is 3.16. The van der Waals surface area contributed by atoms with Crippen molar-refractivity contribution in [2.75, 3.05) is 6.61 Å². The molecule has 110 valence electrons. The number of halogens is 1. The summed E-state index contributed by atoms with van der Waals surface area (Å²) in [5.41, 5.74) is 2.28. The molecule has 0 amide bonds. The number of aromatic nitrogens is 2. The van der Waals surface area contributed by atoms with Gasteiger partial charge in [-0.15, -0.1) is 0 Å². The molecule has 1 aromatic rings. The van der Waals surface area contributed by atoms with Gasteiger partial charge in [-0.3, -0.25) is 4.68 Å². The molecule has 1 atom stereocenters. The van der Waals surface area contributed by atoms with E-state index >= 15 is 0 Å². The van der Waals surface area contributed by atoms with Gasteiger partial charge < -0.3 is 10.4 Å². The topological polar surface area (TPSA) is 50.1 Å². The average Bonchev–Trinajstić information content (AvgIpc) is 2.72. The molecule has 0 aliphatic heterocycles. The van der Waals surface area contributed by atoms with E-state index in [1.54, 1.807) is 0 Å². The lowest BCUT2D eigenvalue weighted by Crippen LogP contribution is -2.42. The van der Waals surface area contributed by atoms with Gasteiger partial charge in [0.25, 0.3) is 0 Å². The Kier molecular flexibility index (Phi) is 6.50. The fourth-order valence-electron chi connectivity index (χ4n) is 2.12. The Morgan fingerprint density at radius 2 is 2.05 bits per heavy atom. The molecule has 0 saturated heterocycles. The van der Waals surface area contributed by atoms with Gasteiger partial charge in [-0.2, -0.15) is 5.10 Å². The van der Waals surface area contributed by atoms with E-state index in [2.05, 4.69) is 54.0 Å². The van der Waals surface area contributed by atoms with Gasteiger partial charge in [0.2, 0.25) is 0 Å². The monoisotopic (exact) mass is 331 g/mol. The van der Waals surface area contributed by atoms with Gasteiger partial charge in [0, 0.05) is 25.2 Å². The molecule has 0 spiro atoms. The number of nitrogens with one attached hydrogen (secondary N) is 1. The van der Waals surface area contributed by atoms with Gasteiger partial charge in [-0.1, -0.05) is 13.8 Å². The minimum absolute atomic E-state index is 0.0244. The van der Waals surface area contributed by atoms with Crippen LogP contribution in [0.2, 0.25) is 0 Å². The second-order valence-corrected chi connectivity index (χ2v) is 5.91. The fraction of sp³-hybridized carbons (Fsp3) is 0.786. The summed E-state index contributed by atoms with van der Waals surface area (Å²) in [7, 11) is 0. The molecular weight excluding hydrogens is 306 g/mol. The van der Waals surface area contributed by atoms with Gasteiger partial charge in [0.05, 0.1) is 15.9 Å². The summed E-state index contributed by atoms with van der Waals surface area (Å²) >= 11 is 3.66. The number of aryl methyl sites for hydroxylation is 2. The zero-order valence-corrected chi connectivity index (χ0v) is 14.0. The second-order valence-electron chi connectivity index (χ2n) is 5.12. The van der Waals surface area contributed by atoms with Crippen molar-refractivity contribution in [1.82, 2.24) is 15.1 Å². The average molecular weight is 332 g/mol. The molecule has 0 saturated carbocycles. The third-order valence-electron chi connectivity index (χ3n) is 3.82. The largest absolute Gasteiger partial charge is 0.396 e. The summed E-state index contributed by atoms with van der Waals surface area (Å²) in [6.45, 7) is 10.4. The number of aliphatic hydroxyl groups excluding tert-OH is 1. The summed E-state index contributed by atoms with van der Waals surface area (Å²) in [4.78, 5) is 0. The first-order valence-electron chi connectivity index (χ1n) is 7.11. The molecule has 1 aromatic heterocycles. The molecule has 1 rings (SSSR count). The van der Waals surface area contributed by atoms with E-state index < -0.39 is 0 Å². The maximum absolute atomic E-state index is 9.16. The van der Waals surface area contributed by atoms with Gasteiger partial charge in [0.1, 0.15) is 0 Å². The van der Waals surface area contributed by atoms with Gasteiger partial charge in [-0.25, -0.2) is 0 Å². The lowest BCUT2D eigenvalue weighted by Gasteiger charge is -2.29. The van der Waals surface area contributed by atoms with E-state index in [-0.39, 0.29) is 12.1 Å². The van der Waals surface area contributed by atoms with Crippen LogP contribution in [-0.4, -0.2) is 27.0 Å². The van der Waals surface area contributed by atoms with Crippen molar-refractivity contribution in [3.05, 3.63) is 15.9 Å². The van der Waals surface area contributed by atoms with Crippen molar-refractivity contribution in [2.24, 2.45) is 0 Å². The highest BCUT2D eigenvalue weighted by atomic mass is 79.9. The minimum Gasteiger partial charge on any atom is -0.396 e. The zero-order chi connectivity index (χ0) is 14.5. The number of nitrogens with zero attached hydrogens (tertiary/aromatic N) is 2. The van der Waals surface area contributed by atoms with Crippen LogP contribution in [-0.2, 0) is 19.5 Å². The van der Waals surface area contributed by atoms with Crippen LogP contribution in [0.5, 0.6) is 0 Å². The molecule has 1 heterocycles. The third-order valence-corrected chi connectivity index (χ3v) is 4.74. The molecule has 0 aliphatic rings. The highest BCUT2D eigenvalue weighted by molar-refractivity contribution is 9.10. The second kappa shape index (κ2) is 7.41. The minimum atomic E-state index is -0.0244. The van der Waals surface area contributed by atoms with Crippen LogP contribution < -0.4 is 5.32 Å². The smallest absolute Gasteiger partial charge is 0.0767 e. The Hall–Kier alpha value is -0.390. The Bertz CT molecular complexity index is 406. The van der Waals surface area contributed by atoms with Crippen molar-refractivity contribution in [3.63, 3.8) is 0 Å². The van der Waals surface area contributed by atoms with Gasteiger partial charge in [-0.05, 0) is 49.0 Å². The highest BCUT2D eigenvalue weighted by Crippen LogP contribution is 2.23. The molecule has 5 heteroatoms. The van der Waals surface area contributed by atoms with Crippen LogP contribution in [0, 0.1) is 0 Å². The standard InChI is InChI=1S/C14H26BrN3O/c1-5-11-13(15)12(18(7-3)17-11)10-16-14(4,6-2)8-9-19/h16,19H,5-10H2,1-4H3. The van der Waals surface area contributed by atoms with E-state index in [4.69, 9.17) is 5.11 Å². The van der Waals surface area contributed by atoms with Crippen LogP contribution in [0.4, 0.5) is 0 Å². The third kappa shape index (κ3) is 4.04. The van der Waals surface area contributed by atoms with Crippen LogP contribution in [0.3, 0.4) is 0 Å². The molecule has 2 N–H and O–H groups in total. The van der Waals surface area contributed by atoms with Crippen molar-refractivity contribution in [2.45, 2.75) is 65.6 Å². The quantitative estimate of drug-likeness (QED) is 0.770. The SMILES string of the molecule is CCc1nn(CC)c(CNC(C)(CC)CCO)c1Br. The van der Waals surface area contributed by atoms with Crippen molar-refractivity contribution in [3.8, 4) is 0 Å². The van der Waals surface area contributed by atoms with Gasteiger partial charge in [0.15, 0.2) is 0 Å². The highest BCUT2D eigenvalue weighted by Gasteiger charge is 2.22. The summed E-state index contributed by atoms with van der Waals surface area (Å²) in [6, 6.07) is 0. The van der Waals surface area contributed by atoms with Crippen LogP contribution >= 0.6 is 15.9 Å². The van der Waals surface area contributed by atoms with Crippen LogP contribution in [0.15, 0.2) is 4.47 Å². The molecular formula is C14H26BrN3O. The molecule has 0 bridgehead atoms. The van der Waals surface area contributed by atoms with Crippen molar-refractivity contribution < 1.29 is 5.11 Å². The number of hydrogen-bond donors (Lipinski definition) is 2. The van der Waals surface area contributed by atoms with Gasteiger partial charge >= 0.3 is 0 Å². The Morgan fingerprint density at radius 1 is 1.37 bits per heavy atom. The fourth-order valence-corrected chi connectivity index (χ4v) is 2.82. The Morgan fingerprint density at radius 3 is 2.53 bits per heavy atom. The normalized spacial score (nSPS) is 14.6. The first-order valence-corrected chi connectivity index (χ1v) is 7.90. The molecule has 0 aliphatic carbocycles. The summed E-state index contributed by atoms with van der Waals surface area (Å²) in [5, 5.41) is 17.3. The van der Waals surface area contributed by atoms with Crippen molar-refractivity contribution in [1.29, 1.82) is 0 Å². The maximum atomic E-state index is 9.16. The number of rotatable bonds is 8.